The van der Waals surface area contributed by atoms with Crippen LogP contribution in [0, 0.1) is 0 Å². The van der Waals surface area contributed by atoms with Crippen molar-refractivity contribution < 1.29 is 9.90 Å². The molecule has 0 amide bonds. The van der Waals surface area contributed by atoms with Crippen LogP contribution in [0.3, 0.4) is 0 Å². The summed E-state index contributed by atoms with van der Waals surface area (Å²) in [5.74, 6) is -0.246. The first-order valence-electron chi connectivity index (χ1n) is 5.11. The molecule has 0 spiro atoms. The second-order valence-corrected chi connectivity index (χ2v) is 5.00. The summed E-state index contributed by atoms with van der Waals surface area (Å²) in [7, 11) is 0. The van der Waals surface area contributed by atoms with Crippen LogP contribution in [0.2, 0.25) is 5.02 Å². The fourth-order valence-electron chi connectivity index (χ4n) is 1.80. The fraction of sp³-hybridized carbons (Fsp3) is 0.400. The first-order chi connectivity index (χ1) is 8.09. The summed E-state index contributed by atoms with van der Waals surface area (Å²) in [6.45, 7) is 1.75. The molecule has 1 atom stereocenters. The Balaban J connectivity index is 2.32. The van der Waals surface area contributed by atoms with Crippen LogP contribution in [0.1, 0.15) is 0 Å². The molecule has 0 saturated carbocycles. The Morgan fingerprint density at radius 1 is 1.71 bits per heavy atom. The summed E-state index contributed by atoms with van der Waals surface area (Å²) in [6, 6.07) is 1.11. The Hall–Kier alpha value is -0.850. The average Bonchev–Trinajstić information content (AvgIpc) is 2.29. The summed E-state index contributed by atoms with van der Waals surface area (Å²) in [4.78, 5) is 17.1. The van der Waals surface area contributed by atoms with Crippen molar-refractivity contribution in [1.29, 1.82) is 0 Å². The van der Waals surface area contributed by atoms with Gasteiger partial charge in [-0.2, -0.15) is 0 Å². The molecule has 5 nitrogen and oxygen atoms in total. The van der Waals surface area contributed by atoms with Crippen molar-refractivity contribution >= 4 is 39.3 Å². The van der Waals surface area contributed by atoms with E-state index in [-0.39, 0.29) is 0 Å². The number of carboxylic acids is 1. The Bertz CT molecular complexity index is 444. The lowest BCUT2D eigenvalue weighted by Gasteiger charge is -2.34. The van der Waals surface area contributed by atoms with Crippen molar-refractivity contribution in [1.82, 2.24) is 10.3 Å². The van der Waals surface area contributed by atoms with Crippen molar-refractivity contribution in [3.8, 4) is 0 Å². The Kier molecular flexibility index (Phi) is 3.86. The number of pyridine rings is 1. The monoisotopic (exact) mass is 319 g/mol. The number of aliphatic carboxylic acids is 1. The van der Waals surface area contributed by atoms with Gasteiger partial charge >= 0.3 is 5.97 Å². The fourth-order valence-corrected chi connectivity index (χ4v) is 2.66. The predicted octanol–water partition coefficient (Wildman–Crippen LogP) is 1.36. The van der Waals surface area contributed by atoms with Crippen molar-refractivity contribution in [2.24, 2.45) is 0 Å². The van der Waals surface area contributed by atoms with E-state index in [4.69, 9.17) is 16.7 Å². The van der Waals surface area contributed by atoms with Gasteiger partial charge in [0, 0.05) is 25.8 Å². The molecular weight excluding hydrogens is 309 g/mol. The van der Waals surface area contributed by atoms with Gasteiger partial charge in [-0.1, -0.05) is 11.6 Å². The molecule has 0 aromatic carbocycles. The standard InChI is InChI=1S/C10H11BrClN3O2/c11-7-3-6(12)4-14-9(7)15-2-1-13-5-8(15)10(16)17/h3-4,8,13H,1-2,5H2,(H,16,17). The van der Waals surface area contributed by atoms with Crippen LogP contribution in [0.15, 0.2) is 16.7 Å². The summed E-state index contributed by atoms with van der Waals surface area (Å²) < 4.78 is 0.707. The molecule has 1 aliphatic rings. The highest BCUT2D eigenvalue weighted by atomic mass is 79.9. The highest BCUT2D eigenvalue weighted by Crippen LogP contribution is 2.28. The molecule has 92 valence electrons. The third-order valence-electron chi connectivity index (χ3n) is 2.59. The SMILES string of the molecule is O=C(O)C1CNCCN1c1ncc(Cl)cc1Br. The maximum absolute atomic E-state index is 11.2. The van der Waals surface area contributed by atoms with Crippen LogP contribution in [0.5, 0.6) is 0 Å². The predicted molar refractivity (Wildman–Crippen MR) is 68.6 cm³/mol. The first-order valence-corrected chi connectivity index (χ1v) is 6.28. The molecule has 1 aliphatic heterocycles. The highest BCUT2D eigenvalue weighted by Gasteiger charge is 2.30. The minimum atomic E-state index is -0.860. The zero-order valence-corrected chi connectivity index (χ0v) is 11.2. The number of nitrogens with zero attached hydrogens (tertiary/aromatic N) is 2. The average molecular weight is 321 g/mol. The van der Waals surface area contributed by atoms with E-state index in [2.05, 4.69) is 26.2 Å². The molecule has 7 heteroatoms. The Morgan fingerprint density at radius 2 is 2.47 bits per heavy atom. The number of halogens is 2. The van der Waals surface area contributed by atoms with Crippen LogP contribution in [-0.2, 0) is 4.79 Å². The quantitative estimate of drug-likeness (QED) is 0.861. The zero-order valence-electron chi connectivity index (χ0n) is 8.86. The van der Waals surface area contributed by atoms with Gasteiger partial charge < -0.3 is 15.3 Å². The summed E-state index contributed by atoms with van der Waals surface area (Å²) in [5, 5.41) is 12.7. The van der Waals surface area contributed by atoms with Gasteiger partial charge in [-0.05, 0) is 22.0 Å². The van der Waals surface area contributed by atoms with E-state index in [1.807, 2.05) is 0 Å². The molecule has 0 aliphatic carbocycles. The van der Waals surface area contributed by atoms with Crippen molar-refractivity contribution in [2.45, 2.75) is 6.04 Å². The number of rotatable bonds is 2. The van der Waals surface area contributed by atoms with Gasteiger partial charge in [0.25, 0.3) is 0 Å². The smallest absolute Gasteiger partial charge is 0.327 e. The van der Waals surface area contributed by atoms with Crippen molar-refractivity contribution in [3.63, 3.8) is 0 Å². The number of hydrogen-bond donors (Lipinski definition) is 2. The molecule has 17 heavy (non-hydrogen) atoms. The molecule has 2 N–H and O–H groups in total. The van der Waals surface area contributed by atoms with Crippen LogP contribution in [0.25, 0.3) is 0 Å². The molecule has 1 saturated heterocycles. The maximum atomic E-state index is 11.2. The third kappa shape index (κ3) is 2.70. The number of piperazine rings is 1. The lowest BCUT2D eigenvalue weighted by atomic mass is 10.2. The van der Waals surface area contributed by atoms with Gasteiger partial charge in [0.15, 0.2) is 0 Å². The number of carbonyl (C=O) groups is 1. The number of carboxylic acid groups (broad SMARTS) is 1. The molecule has 2 heterocycles. The van der Waals surface area contributed by atoms with Crippen LogP contribution in [0.4, 0.5) is 5.82 Å². The molecule has 1 unspecified atom stereocenters. The van der Waals surface area contributed by atoms with E-state index >= 15 is 0 Å². The van der Waals surface area contributed by atoms with Crippen molar-refractivity contribution in [2.75, 3.05) is 24.5 Å². The van der Waals surface area contributed by atoms with Gasteiger partial charge in [-0.3, -0.25) is 0 Å². The first kappa shape index (κ1) is 12.6. The minimum absolute atomic E-state index is 0.409. The normalized spacial score (nSPS) is 20.4. The largest absolute Gasteiger partial charge is 0.480 e. The van der Waals surface area contributed by atoms with E-state index in [9.17, 15) is 4.79 Å². The van der Waals surface area contributed by atoms with E-state index in [1.54, 1.807) is 11.0 Å². The molecule has 0 bridgehead atoms. The summed E-state index contributed by atoms with van der Waals surface area (Å²) in [5.41, 5.74) is 0. The molecule has 1 fully saturated rings. The Labute approximate surface area is 112 Å². The highest BCUT2D eigenvalue weighted by molar-refractivity contribution is 9.10. The molecule has 2 rings (SSSR count). The minimum Gasteiger partial charge on any atom is -0.480 e. The number of aromatic nitrogens is 1. The van der Waals surface area contributed by atoms with Gasteiger partial charge in [0.05, 0.1) is 9.50 Å². The lowest BCUT2D eigenvalue weighted by molar-refractivity contribution is -0.138. The lowest BCUT2D eigenvalue weighted by Crippen LogP contribution is -2.55. The molecule has 1 aromatic heterocycles. The number of hydrogen-bond acceptors (Lipinski definition) is 4. The van der Waals surface area contributed by atoms with Gasteiger partial charge in [0.2, 0.25) is 0 Å². The Morgan fingerprint density at radius 3 is 3.12 bits per heavy atom. The molecular formula is C10H11BrClN3O2. The summed E-state index contributed by atoms with van der Waals surface area (Å²) in [6.07, 6.45) is 1.52. The van der Waals surface area contributed by atoms with Gasteiger partial charge in [-0.15, -0.1) is 0 Å². The topological polar surface area (TPSA) is 65.5 Å². The third-order valence-corrected chi connectivity index (χ3v) is 3.38. The second kappa shape index (κ2) is 5.20. The van der Waals surface area contributed by atoms with E-state index in [0.29, 0.717) is 28.4 Å². The van der Waals surface area contributed by atoms with Crippen LogP contribution in [-0.4, -0.2) is 41.7 Å². The van der Waals surface area contributed by atoms with Gasteiger partial charge in [0.1, 0.15) is 11.9 Å². The van der Waals surface area contributed by atoms with Crippen LogP contribution < -0.4 is 10.2 Å². The van der Waals surface area contributed by atoms with Crippen LogP contribution >= 0.6 is 27.5 Å². The second-order valence-electron chi connectivity index (χ2n) is 3.71. The zero-order chi connectivity index (χ0) is 12.4. The number of anilines is 1. The maximum Gasteiger partial charge on any atom is 0.327 e. The molecule has 0 radical (unpaired) electrons. The van der Waals surface area contributed by atoms with Crippen molar-refractivity contribution in [3.05, 3.63) is 21.8 Å². The van der Waals surface area contributed by atoms with E-state index in [1.165, 1.54) is 6.20 Å². The van der Waals surface area contributed by atoms with E-state index in [0.717, 1.165) is 6.54 Å². The van der Waals surface area contributed by atoms with E-state index < -0.39 is 12.0 Å². The van der Waals surface area contributed by atoms with Gasteiger partial charge in [-0.25, -0.2) is 9.78 Å². The molecule has 1 aromatic rings. The summed E-state index contributed by atoms with van der Waals surface area (Å²) >= 11 is 9.17. The number of nitrogens with one attached hydrogen (secondary N) is 1.